The fraction of sp³-hybridized carbons (Fsp3) is 0.125. The van der Waals surface area contributed by atoms with Gasteiger partial charge in [-0.15, -0.1) is 0 Å². The zero-order valence-electron chi connectivity index (χ0n) is 12.3. The molecule has 2 N–H and O–H groups in total. The lowest BCUT2D eigenvalue weighted by atomic mass is 9.95. The number of anilines is 1. The van der Waals surface area contributed by atoms with Crippen LogP contribution in [0.3, 0.4) is 0 Å². The van der Waals surface area contributed by atoms with Crippen LogP contribution in [-0.4, -0.2) is 21.9 Å². The van der Waals surface area contributed by atoms with Gasteiger partial charge in [0.25, 0.3) is 0 Å². The summed E-state index contributed by atoms with van der Waals surface area (Å²) < 4.78 is 13.3. The number of nitro benzene ring substituents is 1. The minimum Gasteiger partial charge on any atom is -0.481 e. The zero-order chi connectivity index (χ0) is 17.7. The minimum atomic E-state index is -1.17. The summed E-state index contributed by atoms with van der Waals surface area (Å²) in [5.74, 6) is -3.89. The molecule has 0 heterocycles. The second-order valence-corrected chi connectivity index (χ2v) is 4.98. The Kier molecular flexibility index (Phi) is 5.20. The molecule has 0 aromatic heterocycles. The van der Waals surface area contributed by atoms with Crippen molar-refractivity contribution in [2.75, 3.05) is 5.32 Å². The van der Waals surface area contributed by atoms with Gasteiger partial charge < -0.3 is 10.4 Å². The van der Waals surface area contributed by atoms with E-state index < -0.39 is 34.2 Å². The number of aliphatic carboxylic acids is 1. The first-order valence-electron chi connectivity index (χ1n) is 6.90. The van der Waals surface area contributed by atoms with Crippen LogP contribution in [0.25, 0.3) is 0 Å². The highest BCUT2D eigenvalue weighted by Crippen LogP contribution is 2.24. The minimum absolute atomic E-state index is 0.0188. The molecule has 0 fully saturated rings. The maximum Gasteiger partial charge on any atom is 0.311 e. The van der Waals surface area contributed by atoms with Crippen molar-refractivity contribution in [3.05, 3.63) is 70.0 Å². The summed E-state index contributed by atoms with van der Waals surface area (Å²) in [7, 11) is 0. The molecule has 0 saturated carbocycles. The largest absolute Gasteiger partial charge is 0.481 e. The van der Waals surface area contributed by atoms with Crippen molar-refractivity contribution in [1.82, 2.24) is 0 Å². The van der Waals surface area contributed by atoms with E-state index in [9.17, 15) is 29.2 Å². The number of carboxylic acids is 1. The Morgan fingerprint density at radius 3 is 2.46 bits per heavy atom. The molecule has 0 bridgehead atoms. The number of carbonyl (C=O) groups is 2. The standard InChI is InChI=1S/C16H13FN2O5/c17-13-7-6-11(8-14(13)19(23)24)18-15(20)9-12(16(21)22)10-4-2-1-3-5-10/h1-8,12H,9H2,(H,18,20)(H,21,22). The number of benzene rings is 2. The fourth-order valence-electron chi connectivity index (χ4n) is 2.16. The van der Waals surface area contributed by atoms with Gasteiger partial charge in [0.1, 0.15) is 0 Å². The molecule has 2 aromatic carbocycles. The number of halogens is 1. The molecule has 0 saturated heterocycles. The lowest BCUT2D eigenvalue weighted by Crippen LogP contribution is -2.21. The van der Waals surface area contributed by atoms with Crippen LogP contribution in [0.2, 0.25) is 0 Å². The number of nitro groups is 1. The molecule has 2 rings (SSSR count). The van der Waals surface area contributed by atoms with Crippen molar-refractivity contribution >= 4 is 23.3 Å². The average molecular weight is 332 g/mol. The molecule has 1 amide bonds. The number of carboxylic acid groups (broad SMARTS) is 1. The second kappa shape index (κ2) is 7.32. The van der Waals surface area contributed by atoms with Crippen molar-refractivity contribution in [2.24, 2.45) is 0 Å². The van der Waals surface area contributed by atoms with E-state index in [1.54, 1.807) is 30.3 Å². The number of carbonyl (C=O) groups excluding carboxylic acids is 1. The molecule has 0 aliphatic carbocycles. The first kappa shape index (κ1) is 17.1. The van der Waals surface area contributed by atoms with Gasteiger partial charge in [0.15, 0.2) is 0 Å². The predicted octanol–water partition coefficient (Wildman–Crippen LogP) is 2.93. The number of amides is 1. The van der Waals surface area contributed by atoms with Gasteiger partial charge >= 0.3 is 11.7 Å². The molecule has 1 unspecified atom stereocenters. The molecule has 124 valence electrons. The van der Waals surface area contributed by atoms with Gasteiger partial charge in [-0.2, -0.15) is 4.39 Å². The molecular weight excluding hydrogens is 319 g/mol. The number of hydrogen-bond donors (Lipinski definition) is 2. The topological polar surface area (TPSA) is 110 Å². The third-order valence-corrected chi connectivity index (χ3v) is 3.32. The Morgan fingerprint density at radius 2 is 1.88 bits per heavy atom. The van der Waals surface area contributed by atoms with Crippen LogP contribution in [0.5, 0.6) is 0 Å². The van der Waals surface area contributed by atoms with Crippen LogP contribution in [0, 0.1) is 15.9 Å². The Balaban J connectivity index is 2.13. The highest BCUT2D eigenvalue weighted by Gasteiger charge is 2.23. The number of nitrogens with one attached hydrogen (secondary N) is 1. The van der Waals surface area contributed by atoms with E-state index in [1.807, 2.05) is 0 Å². The molecule has 24 heavy (non-hydrogen) atoms. The average Bonchev–Trinajstić information content (AvgIpc) is 2.54. The van der Waals surface area contributed by atoms with E-state index in [1.165, 1.54) is 6.07 Å². The molecular formula is C16H13FN2O5. The smallest absolute Gasteiger partial charge is 0.311 e. The summed E-state index contributed by atoms with van der Waals surface area (Å²) >= 11 is 0. The summed E-state index contributed by atoms with van der Waals surface area (Å²) in [6.45, 7) is 0. The Bertz CT molecular complexity index is 779. The Morgan fingerprint density at radius 1 is 1.21 bits per heavy atom. The van der Waals surface area contributed by atoms with Crippen LogP contribution in [0.4, 0.5) is 15.8 Å². The van der Waals surface area contributed by atoms with Gasteiger partial charge in [0.2, 0.25) is 11.7 Å². The van der Waals surface area contributed by atoms with E-state index >= 15 is 0 Å². The third kappa shape index (κ3) is 4.13. The van der Waals surface area contributed by atoms with Crippen molar-refractivity contribution in [3.63, 3.8) is 0 Å². The lowest BCUT2D eigenvalue weighted by molar-refractivity contribution is -0.387. The van der Waals surface area contributed by atoms with Crippen molar-refractivity contribution in [3.8, 4) is 0 Å². The van der Waals surface area contributed by atoms with Crippen LogP contribution in [0.15, 0.2) is 48.5 Å². The number of nitrogens with zero attached hydrogens (tertiary/aromatic N) is 1. The molecule has 0 aliphatic heterocycles. The maximum atomic E-state index is 13.3. The molecule has 0 radical (unpaired) electrons. The predicted molar refractivity (Wildman–Crippen MR) is 83.1 cm³/mol. The van der Waals surface area contributed by atoms with E-state index in [0.29, 0.717) is 5.56 Å². The summed E-state index contributed by atoms with van der Waals surface area (Å²) in [6.07, 6.45) is -0.357. The van der Waals surface area contributed by atoms with E-state index in [2.05, 4.69) is 5.32 Å². The summed E-state index contributed by atoms with van der Waals surface area (Å²) in [6, 6.07) is 11.1. The molecule has 8 heteroatoms. The number of hydrogen-bond acceptors (Lipinski definition) is 4. The first-order chi connectivity index (χ1) is 11.4. The van der Waals surface area contributed by atoms with Crippen molar-refractivity contribution in [2.45, 2.75) is 12.3 Å². The Hall–Kier alpha value is -3.29. The lowest BCUT2D eigenvalue weighted by Gasteiger charge is -2.13. The quantitative estimate of drug-likeness (QED) is 0.624. The van der Waals surface area contributed by atoms with Crippen molar-refractivity contribution < 1.29 is 24.0 Å². The van der Waals surface area contributed by atoms with Gasteiger partial charge in [0, 0.05) is 18.2 Å². The molecule has 2 aromatic rings. The van der Waals surface area contributed by atoms with Gasteiger partial charge in [0.05, 0.1) is 10.8 Å². The molecule has 7 nitrogen and oxygen atoms in total. The molecule has 0 aliphatic rings. The monoisotopic (exact) mass is 332 g/mol. The highest BCUT2D eigenvalue weighted by atomic mass is 19.1. The molecule has 1 atom stereocenters. The van der Waals surface area contributed by atoms with Crippen LogP contribution in [0.1, 0.15) is 17.9 Å². The van der Waals surface area contributed by atoms with Gasteiger partial charge in [-0.05, 0) is 17.7 Å². The normalized spacial score (nSPS) is 11.5. The van der Waals surface area contributed by atoms with Gasteiger partial charge in [-0.25, -0.2) is 0 Å². The summed E-state index contributed by atoms with van der Waals surface area (Å²) in [5.41, 5.74) is -0.291. The SMILES string of the molecule is O=C(CC(C(=O)O)c1ccccc1)Nc1ccc(F)c([N+](=O)[O-])c1. The van der Waals surface area contributed by atoms with Crippen LogP contribution in [-0.2, 0) is 9.59 Å². The Labute approximate surface area is 135 Å². The van der Waals surface area contributed by atoms with Gasteiger partial charge in [-0.3, -0.25) is 19.7 Å². The van der Waals surface area contributed by atoms with E-state index in [-0.39, 0.29) is 12.1 Å². The second-order valence-electron chi connectivity index (χ2n) is 4.98. The summed E-state index contributed by atoms with van der Waals surface area (Å²) in [5, 5.41) is 22.3. The maximum absolute atomic E-state index is 13.3. The third-order valence-electron chi connectivity index (χ3n) is 3.32. The van der Waals surface area contributed by atoms with Crippen LogP contribution >= 0.6 is 0 Å². The van der Waals surface area contributed by atoms with Crippen molar-refractivity contribution in [1.29, 1.82) is 0 Å². The summed E-state index contributed by atoms with van der Waals surface area (Å²) in [4.78, 5) is 33.2. The van der Waals surface area contributed by atoms with Crippen LogP contribution < -0.4 is 5.32 Å². The first-order valence-corrected chi connectivity index (χ1v) is 6.90. The molecule has 0 spiro atoms. The highest BCUT2D eigenvalue weighted by molar-refractivity contribution is 5.94. The van der Waals surface area contributed by atoms with Gasteiger partial charge in [-0.1, -0.05) is 30.3 Å². The van der Waals surface area contributed by atoms with E-state index in [4.69, 9.17) is 0 Å². The zero-order valence-corrected chi connectivity index (χ0v) is 12.3. The van der Waals surface area contributed by atoms with E-state index in [0.717, 1.165) is 12.1 Å². The number of rotatable bonds is 6. The fourth-order valence-corrected chi connectivity index (χ4v) is 2.16.